The highest BCUT2D eigenvalue weighted by Crippen LogP contribution is 2.20. The molecule has 0 bridgehead atoms. The highest BCUT2D eigenvalue weighted by atomic mass is 35.5. The van der Waals surface area contributed by atoms with Crippen LogP contribution in [0.15, 0.2) is 18.2 Å². The Morgan fingerprint density at radius 2 is 2.25 bits per heavy atom. The second-order valence-corrected chi connectivity index (χ2v) is 2.54. The predicted molar refractivity (Wildman–Crippen MR) is 44.8 cm³/mol. The number of hydrogen-bond donors (Lipinski definition) is 3. The summed E-state index contributed by atoms with van der Waals surface area (Å²) in [5.41, 5.74) is 2.17. The number of phenols is 1. The molecule has 1 aromatic carbocycles. The van der Waals surface area contributed by atoms with Gasteiger partial charge in [0.2, 0.25) is 0 Å². The van der Waals surface area contributed by atoms with E-state index in [1.54, 1.807) is 0 Å². The number of hydrogen-bond acceptors (Lipinski definition) is 3. The molecule has 12 heavy (non-hydrogen) atoms. The van der Waals surface area contributed by atoms with Crippen molar-refractivity contribution in [1.29, 1.82) is 0 Å². The summed E-state index contributed by atoms with van der Waals surface area (Å²) in [5, 5.41) is 9.11. The Morgan fingerprint density at radius 1 is 1.58 bits per heavy atom. The van der Waals surface area contributed by atoms with Crippen LogP contribution in [0.1, 0.15) is 10.4 Å². The first-order valence-corrected chi connectivity index (χ1v) is 3.52. The van der Waals surface area contributed by atoms with Gasteiger partial charge in [0.15, 0.2) is 0 Å². The summed E-state index contributed by atoms with van der Waals surface area (Å²) < 4.78 is 0. The maximum absolute atomic E-state index is 10.9. The van der Waals surface area contributed by atoms with Crippen molar-refractivity contribution in [2.45, 2.75) is 0 Å². The van der Waals surface area contributed by atoms with E-state index in [0.29, 0.717) is 0 Å². The molecule has 0 aliphatic rings. The molecule has 0 saturated heterocycles. The summed E-state index contributed by atoms with van der Waals surface area (Å²) in [4.78, 5) is 10.9. The molecule has 0 spiro atoms. The zero-order valence-corrected chi connectivity index (χ0v) is 6.80. The van der Waals surface area contributed by atoms with Crippen molar-refractivity contribution < 1.29 is 9.90 Å². The first kappa shape index (κ1) is 8.83. The molecule has 1 aromatic rings. The van der Waals surface area contributed by atoms with Crippen LogP contribution < -0.4 is 11.3 Å². The molecule has 0 heterocycles. The van der Waals surface area contributed by atoms with Gasteiger partial charge in [-0.1, -0.05) is 11.6 Å². The molecule has 4 nitrogen and oxygen atoms in total. The maximum atomic E-state index is 10.9. The Balaban J connectivity index is 3.09. The van der Waals surface area contributed by atoms with Crippen LogP contribution in [0.4, 0.5) is 0 Å². The second kappa shape index (κ2) is 3.42. The zero-order valence-electron chi connectivity index (χ0n) is 6.04. The smallest absolute Gasteiger partial charge is 0.266 e. The topological polar surface area (TPSA) is 75.3 Å². The van der Waals surface area contributed by atoms with Crippen molar-refractivity contribution in [1.82, 2.24) is 5.43 Å². The average molecular weight is 187 g/mol. The van der Waals surface area contributed by atoms with E-state index in [1.165, 1.54) is 18.2 Å². The Hall–Kier alpha value is -1.26. The number of carbonyl (C=O) groups is 1. The van der Waals surface area contributed by atoms with Gasteiger partial charge in [-0.3, -0.25) is 10.2 Å². The van der Waals surface area contributed by atoms with E-state index in [4.69, 9.17) is 22.6 Å². The minimum atomic E-state index is -0.486. The van der Waals surface area contributed by atoms with Crippen molar-refractivity contribution in [3.05, 3.63) is 28.8 Å². The van der Waals surface area contributed by atoms with Gasteiger partial charge in [0.05, 0.1) is 10.6 Å². The molecule has 64 valence electrons. The van der Waals surface area contributed by atoms with Gasteiger partial charge < -0.3 is 5.11 Å². The van der Waals surface area contributed by atoms with Crippen molar-refractivity contribution in [3.63, 3.8) is 0 Å². The summed E-state index contributed by atoms with van der Waals surface area (Å²) in [6, 6.07) is 4.02. The van der Waals surface area contributed by atoms with Crippen molar-refractivity contribution in [2.24, 2.45) is 5.84 Å². The number of aromatic hydroxyl groups is 1. The van der Waals surface area contributed by atoms with Crippen LogP contribution in [0.2, 0.25) is 5.02 Å². The van der Waals surface area contributed by atoms with Crippen LogP contribution in [0.25, 0.3) is 0 Å². The first-order valence-electron chi connectivity index (χ1n) is 3.14. The van der Waals surface area contributed by atoms with Gasteiger partial charge >= 0.3 is 0 Å². The molecule has 0 fully saturated rings. The number of halogens is 1. The minimum absolute atomic E-state index is 0.00794. The first-order chi connectivity index (χ1) is 5.65. The molecule has 4 N–H and O–H groups in total. The van der Waals surface area contributed by atoms with E-state index in [0.717, 1.165) is 0 Å². The molecule has 0 aromatic heterocycles. The summed E-state index contributed by atoms with van der Waals surface area (Å²) >= 11 is 5.63. The second-order valence-electron chi connectivity index (χ2n) is 2.14. The standard InChI is InChI=1S/C7H7ClN2O2/c8-6-3-4(11)1-2-5(6)7(12)10-9/h1-3,11H,9H2,(H,10,12). The molecule has 0 saturated carbocycles. The van der Waals surface area contributed by atoms with Gasteiger partial charge in [-0.15, -0.1) is 0 Å². The summed E-state index contributed by atoms with van der Waals surface area (Å²) in [6.07, 6.45) is 0. The third kappa shape index (κ3) is 1.66. The van der Waals surface area contributed by atoms with E-state index in [-0.39, 0.29) is 16.3 Å². The number of phenolic OH excluding ortho intramolecular Hbond substituents is 1. The number of carbonyl (C=O) groups excluding carboxylic acids is 1. The SMILES string of the molecule is NNC(=O)c1ccc(O)cc1Cl. The van der Waals surface area contributed by atoms with Crippen molar-refractivity contribution in [2.75, 3.05) is 0 Å². The lowest BCUT2D eigenvalue weighted by atomic mass is 10.2. The molecular formula is C7H7ClN2O2. The van der Waals surface area contributed by atoms with Gasteiger partial charge in [-0.25, -0.2) is 5.84 Å². The van der Waals surface area contributed by atoms with Crippen LogP contribution in [0.3, 0.4) is 0 Å². The summed E-state index contributed by atoms with van der Waals surface area (Å²) in [7, 11) is 0. The van der Waals surface area contributed by atoms with E-state index in [9.17, 15) is 4.79 Å². The molecule has 0 atom stereocenters. The van der Waals surface area contributed by atoms with Crippen LogP contribution >= 0.6 is 11.6 Å². The van der Waals surface area contributed by atoms with Gasteiger partial charge in [0, 0.05) is 0 Å². The van der Waals surface area contributed by atoms with Crippen molar-refractivity contribution >= 4 is 17.5 Å². The number of benzene rings is 1. The fraction of sp³-hybridized carbons (Fsp3) is 0. The van der Waals surface area contributed by atoms with Gasteiger partial charge in [-0.05, 0) is 18.2 Å². The number of nitrogens with one attached hydrogen (secondary N) is 1. The lowest BCUT2D eigenvalue weighted by Gasteiger charge is -2.01. The number of nitrogens with two attached hydrogens (primary N) is 1. The normalized spacial score (nSPS) is 9.50. The minimum Gasteiger partial charge on any atom is -0.508 e. The third-order valence-electron chi connectivity index (χ3n) is 1.33. The van der Waals surface area contributed by atoms with Gasteiger partial charge in [0.1, 0.15) is 5.75 Å². The zero-order chi connectivity index (χ0) is 9.14. The third-order valence-corrected chi connectivity index (χ3v) is 1.64. The Morgan fingerprint density at radius 3 is 2.75 bits per heavy atom. The Kier molecular flexibility index (Phi) is 2.52. The largest absolute Gasteiger partial charge is 0.508 e. The molecular weight excluding hydrogens is 180 g/mol. The number of nitrogen functional groups attached to an aromatic ring is 1. The van der Waals surface area contributed by atoms with Crippen LogP contribution in [0.5, 0.6) is 5.75 Å². The highest BCUT2D eigenvalue weighted by molar-refractivity contribution is 6.33. The number of hydrazine groups is 1. The Labute approximate surface area is 73.9 Å². The predicted octanol–water partition coefficient (Wildman–Crippen LogP) is 0.649. The Bertz CT molecular complexity index is 314. The lowest BCUT2D eigenvalue weighted by molar-refractivity contribution is 0.0954. The van der Waals surface area contributed by atoms with Gasteiger partial charge in [0.25, 0.3) is 5.91 Å². The van der Waals surface area contributed by atoms with E-state index in [2.05, 4.69) is 0 Å². The molecule has 5 heteroatoms. The van der Waals surface area contributed by atoms with Crippen LogP contribution in [-0.2, 0) is 0 Å². The molecule has 0 aliphatic heterocycles. The molecule has 0 aliphatic carbocycles. The van der Waals surface area contributed by atoms with Crippen LogP contribution in [-0.4, -0.2) is 11.0 Å². The van der Waals surface area contributed by atoms with E-state index >= 15 is 0 Å². The maximum Gasteiger partial charge on any atom is 0.266 e. The summed E-state index contributed by atoms with van der Waals surface area (Å²) in [5.74, 6) is 4.41. The fourth-order valence-electron chi connectivity index (χ4n) is 0.766. The average Bonchev–Trinajstić information content (AvgIpc) is 2.03. The van der Waals surface area contributed by atoms with E-state index in [1.807, 2.05) is 5.43 Å². The summed E-state index contributed by atoms with van der Waals surface area (Å²) in [6.45, 7) is 0. The van der Waals surface area contributed by atoms with E-state index < -0.39 is 5.91 Å². The van der Waals surface area contributed by atoms with Crippen LogP contribution in [0, 0.1) is 0 Å². The molecule has 1 rings (SSSR count). The highest BCUT2D eigenvalue weighted by Gasteiger charge is 2.08. The van der Waals surface area contributed by atoms with Gasteiger partial charge in [-0.2, -0.15) is 0 Å². The quantitative estimate of drug-likeness (QED) is 0.343. The lowest BCUT2D eigenvalue weighted by Crippen LogP contribution is -2.30. The number of amides is 1. The molecule has 0 radical (unpaired) electrons. The fourth-order valence-corrected chi connectivity index (χ4v) is 1.03. The van der Waals surface area contributed by atoms with Crippen molar-refractivity contribution in [3.8, 4) is 5.75 Å². The monoisotopic (exact) mass is 186 g/mol. The molecule has 1 amide bonds. The molecule has 0 unspecified atom stereocenters. The number of rotatable bonds is 1.